The van der Waals surface area contributed by atoms with Gasteiger partial charge in [0.25, 0.3) is 0 Å². The normalized spacial score (nSPS) is 14.9. The van der Waals surface area contributed by atoms with E-state index in [1.165, 1.54) is 0 Å². The predicted molar refractivity (Wildman–Crippen MR) is 60.1 cm³/mol. The van der Waals surface area contributed by atoms with Crippen molar-refractivity contribution in [1.29, 1.82) is 0 Å². The van der Waals surface area contributed by atoms with E-state index in [0.717, 1.165) is 0 Å². The number of hydrogen-bond acceptors (Lipinski definition) is 5. The number of nitrogens with one attached hydrogen (secondary N) is 1. The van der Waals surface area contributed by atoms with E-state index in [0.29, 0.717) is 30.8 Å². The van der Waals surface area contributed by atoms with Crippen molar-refractivity contribution in [3.05, 3.63) is 22.8 Å². The van der Waals surface area contributed by atoms with Crippen LogP contribution in [-0.2, 0) is 24.3 Å². The molecule has 0 saturated carbocycles. The van der Waals surface area contributed by atoms with Gasteiger partial charge in [0.2, 0.25) is 0 Å². The highest BCUT2D eigenvalue weighted by Crippen LogP contribution is 2.18. The van der Waals surface area contributed by atoms with Crippen molar-refractivity contribution >= 4 is 5.97 Å². The van der Waals surface area contributed by atoms with Crippen LogP contribution in [0.2, 0.25) is 0 Å². The average Bonchev–Trinajstić information content (AvgIpc) is 2.36. The van der Waals surface area contributed by atoms with Crippen LogP contribution in [0.4, 0.5) is 13.2 Å². The SMILES string of the molecule is O=C(O)c1nc(COCC(F)(F)F)nc2c1CNCC2. The highest BCUT2D eigenvalue weighted by Gasteiger charge is 2.28. The molecule has 0 spiro atoms. The Morgan fingerprint density at radius 2 is 2.15 bits per heavy atom. The van der Waals surface area contributed by atoms with E-state index in [9.17, 15) is 18.0 Å². The molecular weight excluding hydrogens is 279 g/mol. The summed E-state index contributed by atoms with van der Waals surface area (Å²) in [6.07, 6.45) is -3.93. The third kappa shape index (κ3) is 3.64. The smallest absolute Gasteiger partial charge is 0.411 e. The summed E-state index contributed by atoms with van der Waals surface area (Å²) in [6.45, 7) is -0.926. The minimum absolute atomic E-state index is 0.0488. The summed E-state index contributed by atoms with van der Waals surface area (Å²) in [6, 6.07) is 0. The molecule has 20 heavy (non-hydrogen) atoms. The summed E-state index contributed by atoms with van der Waals surface area (Å²) in [5.74, 6) is -1.28. The maximum absolute atomic E-state index is 12.0. The Kier molecular flexibility index (Phi) is 4.19. The summed E-state index contributed by atoms with van der Waals surface area (Å²) in [7, 11) is 0. The number of carboxylic acid groups (broad SMARTS) is 1. The van der Waals surface area contributed by atoms with Gasteiger partial charge < -0.3 is 15.2 Å². The molecule has 0 aliphatic carbocycles. The van der Waals surface area contributed by atoms with E-state index >= 15 is 0 Å². The number of ether oxygens (including phenoxy) is 1. The van der Waals surface area contributed by atoms with Crippen molar-refractivity contribution in [2.24, 2.45) is 0 Å². The molecule has 0 aromatic carbocycles. The van der Waals surface area contributed by atoms with Gasteiger partial charge in [-0.05, 0) is 0 Å². The number of fused-ring (bicyclic) bond motifs is 1. The van der Waals surface area contributed by atoms with Gasteiger partial charge >= 0.3 is 12.1 Å². The second-order valence-corrected chi connectivity index (χ2v) is 4.25. The van der Waals surface area contributed by atoms with Gasteiger partial charge in [0, 0.05) is 25.1 Å². The highest BCUT2D eigenvalue weighted by molar-refractivity contribution is 5.87. The highest BCUT2D eigenvalue weighted by atomic mass is 19.4. The van der Waals surface area contributed by atoms with E-state index in [-0.39, 0.29) is 11.5 Å². The van der Waals surface area contributed by atoms with Crippen molar-refractivity contribution in [3.63, 3.8) is 0 Å². The van der Waals surface area contributed by atoms with Crippen LogP contribution in [0.5, 0.6) is 0 Å². The van der Waals surface area contributed by atoms with Gasteiger partial charge in [-0.3, -0.25) is 0 Å². The van der Waals surface area contributed by atoms with Crippen LogP contribution >= 0.6 is 0 Å². The monoisotopic (exact) mass is 291 g/mol. The quantitative estimate of drug-likeness (QED) is 0.857. The molecule has 0 amide bonds. The Labute approximate surface area is 112 Å². The fraction of sp³-hybridized carbons (Fsp3) is 0.545. The van der Waals surface area contributed by atoms with Crippen LogP contribution in [0, 0.1) is 0 Å². The molecular formula is C11H12F3N3O3. The summed E-state index contributed by atoms with van der Waals surface area (Å²) in [5, 5.41) is 12.1. The minimum atomic E-state index is -4.44. The molecule has 1 aromatic rings. The molecule has 0 fully saturated rings. The van der Waals surface area contributed by atoms with Crippen molar-refractivity contribution < 1.29 is 27.8 Å². The van der Waals surface area contributed by atoms with Gasteiger partial charge in [-0.25, -0.2) is 14.8 Å². The number of hydrogen-bond donors (Lipinski definition) is 2. The molecule has 110 valence electrons. The van der Waals surface area contributed by atoms with Crippen molar-refractivity contribution in [3.8, 4) is 0 Å². The Balaban J connectivity index is 2.18. The van der Waals surface area contributed by atoms with Gasteiger partial charge in [-0.1, -0.05) is 0 Å². The molecule has 1 aliphatic rings. The first-order valence-corrected chi connectivity index (χ1v) is 5.84. The van der Waals surface area contributed by atoms with Crippen molar-refractivity contribution in [2.75, 3.05) is 13.2 Å². The lowest BCUT2D eigenvalue weighted by Crippen LogP contribution is -2.28. The lowest BCUT2D eigenvalue weighted by molar-refractivity contribution is -0.177. The van der Waals surface area contributed by atoms with Gasteiger partial charge in [-0.2, -0.15) is 13.2 Å². The second kappa shape index (κ2) is 5.71. The lowest BCUT2D eigenvalue weighted by atomic mass is 10.1. The molecule has 2 heterocycles. The van der Waals surface area contributed by atoms with E-state index in [1.807, 2.05) is 0 Å². The Morgan fingerprint density at radius 3 is 2.80 bits per heavy atom. The number of nitrogens with zero attached hydrogens (tertiary/aromatic N) is 2. The Bertz CT molecular complexity index is 520. The summed E-state index contributed by atoms with van der Waals surface area (Å²) < 4.78 is 40.4. The zero-order valence-electron chi connectivity index (χ0n) is 10.3. The molecule has 1 aromatic heterocycles. The molecule has 1 aliphatic heterocycles. The van der Waals surface area contributed by atoms with Crippen molar-refractivity contribution in [1.82, 2.24) is 15.3 Å². The molecule has 0 bridgehead atoms. The van der Waals surface area contributed by atoms with Crippen LogP contribution in [0.3, 0.4) is 0 Å². The van der Waals surface area contributed by atoms with Crippen LogP contribution in [0.15, 0.2) is 0 Å². The molecule has 9 heteroatoms. The number of halogens is 3. The zero-order chi connectivity index (χ0) is 14.8. The summed E-state index contributed by atoms with van der Waals surface area (Å²) in [5.41, 5.74) is 0.831. The first-order valence-electron chi connectivity index (χ1n) is 5.84. The topological polar surface area (TPSA) is 84.3 Å². The summed E-state index contributed by atoms with van der Waals surface area (Å²) in [4.78, 5) is 19.0. The Morgan fingerprint density at radius 1 is 1.40 bits per heavy atom. The molecule has 2 N–H and O–H groups in total. The largest absolute Gasteiger partial charge is 0.476 e. The van der Waals surface area contributed by atoms with Crippen LogP contribution in [0.25, 0.3) is 0 Å². The van der Waals surface area contributed by atoms with Crippen molar-refractivity contribution in [2.45, 2.75) is 25.7 Å². The number of carboxylic acids is 1. The van der Waals surface area contributed by atoms with Crippen LogP contribution in [-0.4, -0.2) is 40.4 Å². The fourth-order valence-electron chi connectivity index (χ4n) is 1.89. The number of rotatable bonds is 4. The fourth-order valence-corrected chi connectivity index (χ4v) is 1.89. The lowest BCUT2D eigenvalue weighted by Gasteiger charge is -2.18. The third-order valence-corrected chi connectivity index (χ3v) is 2.68. The van der Waals surface area contributed by atoms with Gasteiger partial charge in [0.15, 0.2) is 11.5 Å². The number of carbonyl (C=O) groups is 1. The van der Waals surface area contributed by atoms with Crippen LogP contribution < -0.4 is 5.32 Å². The molecule has 0 radical (unpaired) electrons. The third-order valence-electron chi connectivity index (χ3n) is 2.68. The first kappa shape index (κ1) is 14.7. The molecule has 0 atom stereocenters. The average molecular weight is 291 g/mol. The molecule has 2 rings (SSSR count). The Hall–Kier alpha value is -1.74. The molecule has 0 unspecified atom stereocenters. The second-order valence-electron chi connectivity index (χ2n) is 4.25. The molecule has 6 nitrogen and oxygen atoms in total. The van der Waals surface area contributed by atoms with Gasteiger partial charge in [-0.15, -0.1) is 0 Å². The number of aromatic carboxylic acids is 1. The number of aromatic nitrogens is 2. The van der Waals surface area contributed by atoms with Gasteiger partial charge in [0.1, 0.15) is 13.2 Å². The standard InChI is InChI=1S/C11H12F3N3O3/c12-11(13,14)5-20-4-8-16-7-1-2-15-3-6(7)9(17-8)10(18)19/h15H,1-5H2,(H,18,19). The predicted octanol–water partition coefficient (Wildman–Crippen LogP) is 0.899. The molecule has 0 saturated heterocycles. The van der Waals surface area contributed by atoms with E-state index in [1.54, 1.807) is 0 Å². The van der Waals surface area contributed by atoms with E-state index < -0.39 is 25.4 Å². The zero-order valence-corrected chi connectivity index (χ0v) is 10.3. The van der Waals surface area contributed by atoms with E-state index in [4.69, 9.17) is 5.11 Å². The minimum Gasteiger partial charge on any atom is -0.476 e. The van der Waals surface area contributed by atoms with E-state index in [2.05, 4.69) is 20.0 Å². The first-order chi connectivity index (χ1) is 9.37. The maximum atomic E-state index is 12.0. The van der Waals surface area contributed by atoms with Gasteiger partial charge in [0.05, 0.1) is 5.69 Å². The number of alkyl halides is 3. The van der Waals surface area contributed by atoms with Crippen LogP contribution in [0.1, 0.15) is 27.6 Å². The maximum Gasteiger partial charge on any atom is 0.411 e. The summed E-state index contributed by atoms with van der Waals surface area (Å²) >= 11 is 0.